The van der Waals surface area contributed by atoms with E-state index in [9.17, 15) is 4.79 Å². The van der Waals surface area contributed by atoms with Gasteiger partial charge < -0.3 is 4.42 Å². The van der Waals surface area contributed by atoms with Crippen molar-refractivity contribution >= 4 is 22.7 Å². The Labute approximate surface area is 138 Å². The molecule has 0 N–H and O–H groups in total. The standard InChI is InChI=1S/C17H16ClN3O2/c18-12-4-7-15-16(9-12)23-17(22)21(15)11-20(14-5-6-14)10-13-3-1-2-8-19-13/h1-4,7-9,14H,5-6,10-11H2. The van der Waals surface area contributed by atoms with Gasteiger partial charge in [0.1, 0.15) is 0 Å². The molecule has 0 saturated heterocycles. The lowest BCUT2D eigenvalue weighted by Crippen LogP contribution is -2.32. The Morgan fingerprint density at radius 3 is 2.91 bits per heavy atom. The lowest BCUT2D eigenvalue weighted by molar-refractivity contribution is 0.192. The summed E-state index contributed by atoms with van der Waals surface area (Å²) in [6.07, 6.45) is 4.11. The van der Waals surface area contributed by atoms with E-state index < -0.39 is 0 Å². The number of hydrogen-bond donors (Lipinski definition) is 0. The second kappa shape index (κ2) is 5.83. The molecule has 0 amide bonds. The minimum Gasteiger partial charge on any atom is -0.408 e. The predicted octanol–water partition coefficient (Wildman–Crippen LogP) is 3.27. The summed E-state index contributed by atoms with van der Waals surface area (Å²) < 4.78 is 6.97. The minimum atomic E-state index is -0.353. The molecule has 6 heteroatoms. The molecule has 0 aliphatic heterocycles. The van der Waals surface area contributed by atoms with E-state index in [4.69, 9.17) is 16.0 Å². The van der Waals surface area contributed by atoms with Crippen LogP contribution in [0.25, 0.3) is 11.1 Å². The van der Waals surface area contributed by atoms with Crippen molar-refractivity contribution in [3.05, 3.63) is 63.9 Å². The first kappa shape index (κ1) is 14.5. The number of benzene rings is 1. The van der Waals surface area contributed by atoms with E-state index in [2.05, 4.69) is 9.88 Å². The zero-order valence-corrected chi connectivity index (χ0v) is 13.2. The summed E-state index contributed by atoms with van der Waals surface area (Å²) in [4.78, 5) is 18.8. The molecule has 118 valence electrons. The van der Waals surface area contributed by atoms with Crippen molar-refractivity contribution in [2.45, 2.75) is 32.1 Å². The van der Waals surface area contributed by atoms with Gasteiger partial charge in [0.05, 0.1) is 17.9 Å². The van der Waals surface area contributed by atoms with Gasteiger partial charge in [-0.3, -0.25) is 14.5 Å². The molecule has 1 saturated carbocycles. The third-order valence-corrected chi connectivity index (χ3v) is 4.34. The zero-order chi connectivity index (χ0) is 15.8. The fraction of sp³-hybridized carbons (Fsp3) is 0.294. The first-order valence-electron chi connectivity index (χ1n) is 7.63. The molecule has 1 fully saturated rings. The lowest BCUT2D eigenvalue weighted by Gasteiger charge is -2.21. The first-order chi connectivity index (χ1) is 11.2. The van der Waals surface area contributed by atoms with E-state index >= 15 is 0 Å². The van der Waals surface area contributed by atoms with Gasteiger partial charge in [0.15, 0.2) is 5.58 Å². The molecule has 1 aliphatic rings. The number of fused-ring (bicyclic) bond motifs is 1. The van der Waals surface area contributed by atoms with E-state index in [1.54, 1.807) is 22.9 Å². The van der Waals surface area contributed by atoms with Crippen LogP contribution in [0, 0.1) is 0 Å². The monoisotopic (exact) mass is 329 g/mol. The summed E-state index contributed by atoms with van der Waals surface area (Å²) >= 11 is 5.96. The maximum Gasteiger partial charge on any atom is 0.421 e. The average Bonchev–Trinajstić information content (AvgIpc) is 3.34. The fourth-order valence-corrected chi connectivity index (χ4v) is 2.95. The molecule has 0 spiro atoms. The second-order valence-corrected chi connectivity index (χ2v) is 6.29. The minimum absolute atomic E-state index is 0.353. The summed E-state index contributed by atoms with van der Waals surface area (Å²) in [5.41, 5.74) is 2.30. The third-order valence-electron chi connectivity index (χ3n) is 4.11. The van der Waals surface area contributed by atoms with Gasteiger partial charge in [0.25, 0.3) is 0 Å². The van der Waals surface area contributed by atoms with Gasteiger partial charge in [-0.05, 0) is 37.1 Å². The van der Waals surface area contributed by atoms with Crippen LogP contribution in [0.15, 0.2) is 51.8 Å². The molecule has 23 heavy (non-hydrogen) atoms. The van der Waals surface area contributed by atoms with E-state index in [0.29, 0.717) is 23.3 Å². The highest BCUT2D eigenvalue weighted by Crippen LogP contribution is 2.29. The molecule has 0 unspecified atom stereocenters. The van der Waals surface area contributed by atoms with E-state index in [0.717, 1.165) is 30.6 Å². The quantitative estimate of drug-likeness (QED) is 0.721. The molecule has 0 radical (unpaired) electrons. The maximum absolute atomic E-state index is 12.2. The van der Waals surface area contributed by atoms with Crippen molar-refractivity contribution in [2.75, 3.05) is 0 Å². The third kappa shape index (κ3) is 3.02. The molecule has 2 aromatic heterocycles. The normalized spacial score (nSPS) is 14.7. The smallest absolute Gasteiger partial charge is 0.408 e. The zero-order valence-electron chi connectivity index (χ0n) is 12.5. The molecule has 3 aromatic rings. The Morgan fingerprint density at radius 1 is 1.30 bits per heavy atom. The van der Waals surface area contributed by atoms with Crippen LogP contribution >= 0.6 is 11.6 Å². The first-order valence-corrected chi connectivity index (χ1v) is 8.01. The topological polar surface area (TPSA) is 51.3 Å². The number of pyridine rings is 1. The van der Waals surface area contributed by atoms with Gasteiger partial charge >= 0.3 is 5.76 Å². The van der Waals surface area contributed by atoms with Crippen molar-refractivity contribution in [2.24, 2.45) is 0 Å². The SMILES string of the molecule is O=c1oc2cc(Cl)ccc2n1CN(Cc1ccccn1)C1CC1. The van der Waals surface area contributed by atoms with Gasteiger partial charge in [0.2, 0.25) is 0 Å². The average molecular weight is 330 g/mol. The number of hydrogen-bond acceptors (Lipinski definition) is 4. The lowest BCUT2D eigenvalue weighted by atomic mass is 10.3. The molecule has 4 rings (SSSR count). The van der Waals surface area contributed by atoms with Crippen molar-refractivity contribution in [1.82, 2.24) is 14.5 Å². The van der Waals surface area contributed by atoms with Gasteiger partial charge in [-0.2, -0.15) is 0 Å². The largest absolute Gasteiger partial charge is 0.421 e. The van der Waals surface area contributed by atoms with Crippen LogP contribution in [0.3, 0.4) is 0 Å². The van der Waals surface area contributed by atoms with Gasteiger partial charge in [0, 0.05) is 29.9 Å². The van der Waals surface area contributed by atoms with Crippen LogP contribution in [0.4, 0.5) is 0 Å². The summed E-state index contributed by atoms with van der Waals surface area (Å²) in [7, 11) is 0. The van der Waals surface area contributed by atoms with Crippen LogP contribution in [0.1, 0.15) is 18.5 Å². The summed E-state index contributed by atoms with van der Waals surface area (Å²) in [5.74, 6) is -0.353. The van der Waals surface area contributed by atoms with E-state index in [1.165, 1.54) is 0 Å². The molecule has 5 nitrogen and oxygen atoms in total. The fourth-order valence-electron chi connectivity index (χ4n) is 2.79. The molecule has 2 heterocycles. The molecule has 0 bridgehead atoms. The Kier molecular flexibility index (Phi) is 3.67. The van der Waals surface area contributed by atoms with Crippen molar-refractivity contribution in [3.8, 4) is 0 Å². The second-order valence-electron chi connectivity index (χ2n) is 5.85. The van der Waals surface area contributed by atoms with Gasteiger partial charge in [-0.15, -0.1) is 0 Å². The molecule has 1 aliphatic carbocycles. The van der Waals surface area contributed by atoms with Crippen LogP contribution in [0.2, 0.25) is 5.02 Å². The predicted molar refractivity (Wildman–Crippen MR) is 88.3 cm³/mol. The Morgan fingerprint density at radius 2 is 2.17 bits per heavy atom. The Balaban J connectivity index is 1.65. The number of oxazole rings is 1. The van der Waals surface area contributed by atoms with Crippen LogP contribution in [-0.4, -0.2) is 20.5 Å². The molecular formula is C17H16ClN3O2. The van der Waals surface area contributed by atoms with Crippen molar-refractivity contribution in [3.63, 3.8) is 0 Å². The molecular weight excluding hydrogens is 314 g/mol. The Hall–Kier alpha value is -2.11. The number of rotatable bonds is 5. The molecule has 1 aromatic carbocycles. The highest BCUT2D eigenvalue weighted by molar-refractivity contribution is 6.31. The summed E-state index contributed by atoms with van der Waals surface area (Å²) in [5, 5.41) is 0.561. The van der Waals surface area contributed by atoms with Crippen LogP contribution in [0.5, 0.6) is 0 Å². The van der Waals surface area contributed by atoms with Gasteiger partial charge in [-0.25, -0.2) is 4.79 Å². The van der Waals surface area contributed by atoms with Crippen LogP contribution in [-0.2, 0) is 13.2 Å². The number of nitrogens with zero attached hydrogens (tertiary/aromatic N) is 3. The summed E-state index contributed by atoms with van der Waals surface area (Å²) in [6.45, 7) is 1.22. The summed E-state index contributed by atoms with van der Waals surface area (Å²) in [6, 6.07) is 11.7. The Bertz CT molecular complexity index is 884. The van der Waals surface area contributed by atoms with Crippen molar-refractivity contribution < 1.29 is 4.42 Å². The maximum atomic E-state index is 12.2. The highest BCUT2D eigenvalue weighted by atomic mass is 35.5. The molecule has 0 atom stereocenters. The highest BCUT2D eigenvalue weighted by Gasteiger charge is 2.30. The van der Waals surface area contributed by atoms with Crippen molar-refractivity contribution in [1.29, 1.82) is 0 Å². The number of halogens is 1. The number of aromatic nitrogens is 2. The van der Waals surface area contributed by atoms with E-state index in [-0.39, 0.29) is 5.76 Å². The van der Waals surface area contributed by atoms with Crippen LogP contribution < -0.4 is 5.76 Å². The van der Waals surface area contributed by atoms with Gasteiger partial charge in [-0.1, -0.05) is 17.7 Å². The van der Waals surface area contributed by atoms with E-state index in [1.807, 2.05) is 24.3 Å².